The van der Waals surface area contributed by atoms with E-state index in [1.165, 1.54) is 16.9 Å². The Balaban J connectivity index is 1.27. The van der Waals surface area contributed by atoms with Gasteiger partial charge in [0.1, 0.15) is 5.69 Å². The number of pyridine rings is 1. The Hall–Kier alpha value is -3.94. The minimum absolute atomic E-state index is 0.145. The molecule has 1 saturated heterocycles. The maximum Gasteiger partial charge on any atom is 0.274 e. The van der Waals surface area contributed by atoms with Crippen LogP contribution in [0.2, 0.25) is 0 Å². The number of aromatic nitrogens is 5. The molecule has 4 heterocycles. The quantitative estimate of drug-likeness (QED) is 0.522. The number of fused-ring (bicyclic) bond motifs is 1. The maximum atomic E-state index is 12.7. The number of hydrogen-bond acceptors (Lipinski definition) is 6. The standard InChI is InChI=1S/C22H18N6O2/c29-21-8-7-17(16-4-3-9-23-10-16)26-28(21)14-15-12-27(13-15)22(30)20-11-24-18-5-1-2-6-19(18)25-20/h1-11,15H,12-14H2. The molecule has 0 saturated carbocycles. The van der Waals surface area contributed by atoms with E-state index in [-0.39, 0.29) is 17.4 Å². The lowest BCUT2D eigenvalue weighted by molar-refractivity contribution is 0.0452. The molecule has 0 spiro atoms. The fraction of sp³-hybridized carbons (Fsp3) is 0.182. The van der Waals surface area contributed by atoms with Crippen LogP contribution in [0.25, 0.3) is 22.3 Å². The van der Waals surface area contributed by atoms with Crippen LogP contribution in [0.5, 0.6) is 0 Å². The van der Waals surface area contributed by atoms with Gasteiger partial charge in [0.25, 0.3) is 11.5 Å². The van der Waals surface area contributed by atoms with Crippen molar-refractivity contribution in [3.05, 3.63) is 83.2 Å². The Morgan fingerprint density at radius 3 is 2.63 bits per heavy atom. The molecule has 0 unspecified atom stereocenters. The molecular formula is C22H18N6O2. The lowest BCUT2D eigenvalue weighted by Crippen LogP contribution is -2.52. The number of para-hydroxylation sites is 2. The van der Waals surface area contributed by atoms with E-state index < -0.39 is 0 Å². The first kappa shape index (κ1) is 18.1. The fourth-order valence-electron chi connectivity index (χ4n) is 3.57. The third-order valence-corrected chi connectivity index (χ3v) is 5.17. The molecule has 1 aliphatic rings. The van der Waals surface area contributed by atoms with Gasteiger partial charge in [-0.1, -0.05) is 12.1 Å². The van der Waals surface area contributed by atoms with Gasteiger partial charge in [-0.2, -0.15) is 5.10 Å². The molecule has 0 radical (unpaired) electrons. The molecule has 148 valence electrons. The summed E-state index contributed by atoms with van der Waals surface area (Å²) in [4.78, 5) is 39.5. The highest BCUT2D eigenvalue weighted by Crippen LogP contribution is 2.20. The number of nitrogens with zero attached hydrogens (tertiary/aromatic N) is 6. The molecule has 1 amide bonds. The Kier molecular flexibility index (Phi) is 4.51. The van der Waals surface area contributed by atoms with Crippen molar-refractivity contribution >= 4 is 16.9 Å². The van der Waals surface area contributed by atoms with Gasteiger partial charge < -0.3 is 4.90 Å². The van der Waals surface area contributed by atoms with Gasteiger partial charge in [0, 0.05) is 43.0 Å². The van der Waals surface area contributed by atoms with E-state index >= 15 is 0 Å². The van der Waals surface area contributed by atoms with Crippen LogP contribution >= 0.6 is 0 Å². The summed E-state index contributed by atoms with van der Waals surface area (Å²) in [6, 6.07) is 14.4. The summed E-state index contributed by atoms with van der Waals surface area (Å²) in [6.07, 6.45) is 4.92. The van der Waals surface area contributed by atoms with Crippen LogP contribution in [0.1, 0.15) is 10.5 Å². The van der Waals surface area contributed by atoms with E-state index in [1.54, 1.807) is 23.4 Å². The Labute approximate surface area is 171 Å². The van der Waals surface area contributed by atoms with Gasteiger partial charge in [-0.3, -0.25) is 19.6 Å². The van der Waals surface area contributed by atoms with Crippen LogP contribution < -0.4 is 5.56 Å². The van der Waals surface area contributed by atoms with Crippen molar-refractivity contribution in [2.75, 3.05) is 13.1 Å². The smallest absolute Gasteiger partial charge is 0.274 e. The average molecular weight is 398 g/mol. The summed E-state index contributed by atoms with van der Waals surface area (Å²) in [6.45, 7) is 1.57. The van der Waals surface area contributed by atoms with Crippen LogP contribution in [0.4, 0.5) is 0 Å². The highest BCUT2D eigenvalue weighted by Gasteiger charge is 2.32. The zero-order valence-electron chi connectivity index (χ0n) is 16.0. The zero-order chi connectivity index (χ0) is 20.5. The highest BCUT2D eigenvalue weighted by molar-refractivity contribution is 5.94. The Morgan fingerprint density at radius 2 is 1.83 bits per heavy atom. The monoisotopic (exact) mass is 398 g/mol. The zero-order valence-corrected chi connectivity index (χ0v) is 16.0. The first-order valence-electron chi connectivity index (χ1n) is 9.67. The summed E-state index contributed by atoms with van der Waals surface area (Å²) < 4.78 is 1.46. The van der Waals surface area contributed by atoms with Gasteiger partial charge in [-0.15, -0.1) is 0 Å². The van der Waals surface area contributed by atoms with E-state index in [1.807, 2.05) is 36.4 Å². The van der Waals surface area contributed by atoms with Crippen LogP contribution in [0.15, 0.2) is 71.9 Å². The number of likely N-dealkylation sites (tertiary alicyclic amines) is 1. The van der Waals surface area contributed by atoms with Gasteiger partial charge in [-0.25, -0.2) is 9.67 Å². The van der Waals surface area contributed by atoms with Crippen molar-refractivity contribution in [2.24, 2.45) is 5.92 Å². The second-order valence-electron chi connectivity index (χ2n) is 7.30. The highest BCUT2D eigenvalue weighted by atomic mass is 16.2. The number of benzene rings is 1. The number of carbonyl (C=O) groups is 1. The Bertz CT molecular complexity index is 1280. The van der Waals surface area contributed by atoms with E-state index in [0.717, 1.165) is 11.1 Å². The van der Waals surface area contributed by atoms with Crippen molar-refractivity contribution < 1.29 is 4.79 Å². The first-order chi connectivity index (χ1) is 14.7. The van der Waals surface area contributed by atoms with E-state index in [0.29, 0.717) is 36.5 Å². The molecule has 1 fully saturated rings. The SMILES string of the molecule is O=C(c1cnc2ccccc2n1)N1CC(Cn2nc(-c3cccnc3)ccc2=O)C1. The second-order valence-corrected chi connectivity index (χ2v) is 7.30. The van der Waals surface area contributed by atoms with Crippen LogP contribution in [0, 0.1) is 5.92 Å². The molecule has 0 aliphatic carbocycles. The number of carbonyl (C=O) groups excluding carboxylic acids is 1. The molecule has 8 heteroatoms. The van der Waals surface area contributed by atoms with E-state index in [2.05, 4.69) is 20.1 Å². The fourth-order valence-corrected chi connectivity index (χ4v) is 3.57. The minimum atomic E-state index is -0.159. The normalized spacial score (nSPS) is 13.9. The summed E-state index contributed by atoms with van der Waals surface area (Å²) >= 11 is 0. The molecule has 0 atom stereocenters. The van der Waals surface area contributed by atoms with Crippen molar-refractivity contribution in [3.63, 3.8) is 0 Å². The van der Waals surface area contributed by atoms with Crippen LogP contribution in [-0.4, -0.2) is 48.6 Å². The summed E-state index contributed by atoms with van der Waals surface area (Å²) in [7, 11) is 0. The number of hydrogen-bond donors (Lipinski definition) is 0. The average Bonchev–Trinajstić information content (AvgIpc) is 2.77. The third kappa shape index (κ3) is 3.43. The molecule has 1 aliphatic heterocycles. The minimum Gasteiger partial charge on any atom is -0.336 e. The second kappa shape index (κ2) is 7.47. The number of amides is 1. The maximum absolute atomic E-state index is 12.7. The van der Waals surface area contributed by atoms with Crippen molar-refractivity contribution in [1.82, 2.24) is 29.6 Å². The van der Waals surface area contributed by atoms with Gasteiger partial charge >= 0.3 is 0 Å². The Morgan fingerprint density at radius 1 is 1.00 bits per heavy atom. The predicted molar refractivity (Wildman–Crippen MR) is 111 cm³/mol. The third-order valence-electron chi connectivity index (χ3n) is 5.17. The molecule has 5 rings (SSSR count). The number of rotatable bonds is 4. The van der Waals surface area contributed by atoms with Crippen molar-refractivity contribution in [2.45, 2.75) is 6.54 Å². The molecular weight excluding hydrogens is 380 g/mol. The van der Waals surface area contributed by atoms with Gasteiger partial charge in [-0.05, 0) is 30.3 Å². The van der Waals surface area contributed by atoms with E-state index in [9.17, 15) is 9.59 Å². The predicted octanol–water partition coefficient (Wildman–Crippen LogP) is 2.02. The molecule has 0 N–H and O–H groups in total. The van der Waals surface area contributed by atoms with Crippen LogP contribution in [0.3, 0.4) is 0 Å². The molecule has 1 aromatic carbocycles. The molecule has 3 aromatic heterocycles. The molecule has 4 aromatic rings. The largest absolute Gasteiger partial charge is 0.336 e. The lowest BCUT2D eigenvalue weighted by atomic mass is 9.99. The first-order valence-corrected chi connectivity index (χ1v) is 9.67. The van der Waals surface area contributed by atoms with Crippen molar-refractivity contribution in [3.8, 4) is 11.3 Å². The molecule has 30 heavy (non-hydrogen) atoms. The topological polar surface area (TPSA) is 93.9 Å². The summed E-state index contributed by atoms with van der Waals surface area (Å²) in [5.74, 6) is 0.0191. The van der Waals surface area contributed by atoms with Gasteiger partial charge in [0.2, 0.25) is 0 Å². The molecule has 8 nitrogen and oxygen atoms in total. The van der Waals surface area contributed by atoms with Crippen LogP contribution in [-0.2, 0) is 6.54 Å². The van der Waals surface area contributed by atoms with Gasteiger partial charge in [0.05, 0.1) is 29.5 Å². The summed E-state index contributed by atoms with van der Waals surface area (Å²) in [5.41, 5.74) is 3.18. The molecule has 0 bridgehead atoms. The van der Waals surface area contributed by atoms with Crippen molar-refractivity contribution in [1.29, 1.82) is 0 Å². The van der Waals surface area contributed by atoms with Gasteiger partial charge in [0.15, 0.2) is 0 Å². The lowest BCUT2D eigenvalue weighted by Gasteiger charge is -2.39. The van der Waals surface area contributed by atoms with E-state index in [4.69, 9.17) is 0 Å². The summed E-state index contributed by atoms with van der Waals surface area (Å²) in [5, 5.41) is 4.46.